The molecular formula is C16H29NO2. The zero-order valence-electron chi connectivity index (χ0n) is 12.5. The average molecular weight is 267 g/mol. The number of carbonyl (C=O) groups is 1. The third-order valence-corrected chi connectivity index (χ3v) is 5.83. The zero-order valence-corrected chi connectivity index (χ0v) is 12.5. The fraction of sp³-hybridized carbons (Fsp3) is 0.938. The Labute approximate surface area is 117 Å². The molecule has 2 saturated carbocycles. The second kappa shape index (κ2) is 6.25. The first-order valence-corrected chi connectivity index (χ1v) is 8.00. The summed E-state index contributed by atoms with van der Waals surface area (Å²) in [4.78, 5) is 12.1. The molecule has 3 nitrogen and oxygen atoms in total. The van der Waals surface area contributed by atoms with Crippen LogP contribution >= 0.6 is 0 Å². The van der Waals surface area contributed by atoms with Crippen molar-refractivity contribution in [3.05, 3.63) is 0 Å². The molecule has 0 aromatic rings. The summed E-state index contributed by atoms with van der Waals surface area (Å²) < 4.78 is 0. The molecular weight excluding hydrogens is 238 g/mol. The zero-order chi connectivity index (χ0) is 13.9. The third kappa shape index (κ3) is 3.31. The fourth-order valence-electron chi connectivity index (χ4n) is 4.00. The number of hydrogen-bond acceptors (Lipinski definition) is 2. The molecule has 3 unspecified atom stereocenters. The molecule has 1 amide bonds. The van der Waals surface area contributed by atoms with E-state index >= 15 is 0 Å². The van der Waals surface area contributed by atoms with Crippen LogP contribution in [0.1, 0.15) is 58.8 Å². The van der Waals surface area contributed by atoms with E-state index < -0.39 is 0 Å². The molecule has 0 saturated heterocycles. The van der Waals surface area contributed by atoms with Gasteiger partial charge < -0.3 is 10.4 Å². The lowest BCUT2D eigenvalue weighted by atomic mass is 9.83. The molecule has 0 spiro atoms. The molecule has 2 aliphatic carbocycles. The highest BCUT2D eigenvalue weighted by atomic mass is 16.3. The topological polar surface area (TPSA) is 49.3 Å². The molecule has 19 heavy (non-hydrogen) atoms. The second-order valence-corrected chi connectivity index (χ2v) is 6.78. The van der Waals surface area contributed by atoms with Crippen LogP contribution in [0, 0.1) is 23.2 Å². The molecule has 2 aliphatic rings. The Morgan fingerprint density at radius 1 is 1.26 bits per heavy atom. The molecule has 2 N–H and O–H groups in total. The first-order valence-electron chi connectivity index (χ1n) is 8.00. The maximum Gasteiger partial charge on any atom is 0.220 e. The highest BCUT2D eigenvalue weighted by Gasteiger charge is 2.40. The predicted molar refractivity (Wildman–Crippen MR) is 76.7 cm³/mol. The van der Waals surface area contributed by atoms with Crippen molar-refractivity contribution in [3.63, 3.8) is 0 Å². The van der Waals surface area contributed by atoms with E-state index in [0.29, 0.717) is 18.9 Å². The van der Waals surface area contributed by atoms with Crippen molar-refractivity contribution >= 4 is 5.91 Å². The molecule has 3 atom stereocenters. The number of carbonyl (C=O) groups excluding carboxylic acids is 1. The van der Waals surface area contributed by atoms with Crippen LogP contribution in [-0.2, 0) is 4.79 Å². The minimum Gasteiger partial charge on any atom is -0.396 e. The summed E-state index contributed by atoms with van der Waals surface area (Å²) >= 11 is 0. The summed E-state index contributed by atoms with van der Waals surface area (Å²) in [6.07, 6.45) is 7.89. The summed E-state index contributed by atoms with van der Waals surface area (Å²) in [5.74, 6) is 2.55. The van der Waals surface area contributed by atoms with E-state index in [9.17, 15) is 9.90 Å². The predicted octanol–water partition coefficient (Wildman–Crippen LogP) is 2.73. The van der Waals surface area contributed by atoms with Gasteiger partial charge in [-0.3, -0.25) is 4.79 Å². The molecule has 0 aromatic carbocycles. The third-order valence-electron chi connectivity index (χ3n) is 5.83. The quantitative estimate of drug-likeness (QED) is 0.745. The normalized spacial score (nSPS) is 29.7. The monoisotopic (exact) mass is 267 g/mol. The second-order valence-electron chi connectivity index (χ2n) is 6.78. The van der Waals surface area contributed by atoms with E-state index in [2.05, 4.69) is 19.2 Å². The highest BCUT2D eigenvalue weighted by Crippen LogP contribution is 2.49. The van der Waals surface area contributed by atoms with Gasteiger partial charge in [0.2, 0.25) is 5.91 Å². The maximum atomic E-state index is 12.1. The summed E-state index contributed by atoms with van der Waals surface area (Å²) in [7, 11) is 0. The van der Waals surface area contributed by atoms with Crippen LogP contribution in [0.2, 0.25) is 0 Å². The lowest BCUT2D eigenvalue weighted by Crippen LogP contribution is -2.40. The van der Waals surface area contributed by atoms with Crippen LogP contribution < -0.4 is 5.32 Å². The summed E-state index contributed by atoms with van der Waals surface area (Å²) in [6.45, 7) is 4.95. The molecule has 0 aliphatic heterocycles. The number of fused-ring (bicyclic) bond motifs is 2. The van der Waals surface area contributed by atoms with Crippen molar-refractivity contribution in [1.29, 1.82) is 0 Å². The van der Waals surface area contributed by atoms with E-state index in [1.807, 2.05) is 0 Å². The van der Waals surface area contributed by atoms with E-state index in [1.165, 1.54) is 25.7 Å². The minimum atomic E-state index is -0.121. The Balaban J connectivity index is 1.75. The molecule has 3 heteroatoms. The summed E-state index contributed by atoms with van der Waals surface area (Å²) in [6, 6.07) is 0. The van der Waals surface area contributed by atoms with Gasteiger partial charge in [-0.2, -0.15) is 0 Å². The van der Waals surface area contributed by atoms with Gasteiger partial charge in [0.15, 0.2) is 0 Å². The van der Waals surface area contributed by atoms with Gasteiger partial charge in [-0.15, -0.1) is 0 Å². The van der Waals surface area contributed by atoms with Crippen molar-refractivity contribution < 1.29 is 9.90 Å². The smallest absolute Gasteiger partial charge is 0.220 e. The summed E-state index contributed by atoms with van der Waals surface area (Å²) in [5, 5.41) is 12.6. The Hall–Kier alpha value is -0.570. The molecule has 0 heterocycles. The lowest BCUT2D eigenvalue weighted by Gasteiger charge is -2.30. The molecule has 0 radical (unpaired) electrons. The molecule has 110 valence electrons. The first-order chi connectivity index (χ1) is 9.12. The largest absolute Gasteiger partial charge is 0.396 e. The molecule has 2 rings (SSSR count). The number of hydrogen-bond donors (Lipinski definition) is 2. The van der Waals surface area contributed by atoms with Gasteiger partial charge in [-0.05, 0) is 49.9 Å². The standard InChI is InChI=1S/C16H29NO2/c1-3-16(4-2,11-18)10-17-15(19)9-14-8-12-5-6-13(14)7-12/h12-14,18H,3-11H2,1-2H3,(H,17,19). The SMILES string of the molecule is CCC(CC)(CO)CNC(=O)CC1CC2CCC1C2. The Morgan fingerprint density at radius 3 is 2.47 bits per heavy atom. The van der Waals surface area contributed by atoms with Crippen LogP contribution in [0.15, 0.2) is 0 Å². The van der Waals surface area contributed by atoms with Crippen LogP contribution in [0.5, 0.6) is 0 Å². The van der Waals surface area contributed by atoms with E-state index in [1.54, 1.807) is 0 Å². The molecule has 2 fully saturated rings. The van der Waals surface area contributed by atoms with Crippen molar-refractivity contribution in [2.24, 2.45) is 23.2 Å². The Bertz CT molecular complexity index is 304. The maximum absolute atomic E-state index is 12.1. The fourth-order valence-corrected chi connectivity index (χ4v) is 4.00. The van der Waals surface area contributed by atoms with E-state index in [0.717, 1.165) is 24.7 Å². The van der Waals surface area contributed by atoms with Crippen molar-refractivity contribution in [1.82, 2.24) is 5.32 Å². The van der Waals surface area contributed by atoms with Gasteiger partial charge in [0.1, 0.15) is 0 Å². The van der Waals surface area contributed by atoms with Crippen molar-refractivity contribution in [2.75, 3.05) is 13.2 Å². The van der Waals surface area contributed by atoms with E-state index in [-0.39, 0.29) is 17.9 Å². The van der Waals surface area contributed by atoms with Crippen LogP contribution in [0.25, 0.3) is 0 Å². The van der Waals surface area contributed by atoms with Crippen LogP contribution in [0.3, 0.4) is 0 Å². The van der Waals surface area contributed by atoms with Gasteiger partial charge >= 0.3 is 0 Å². The minimum absolute atomic E-state index is 0.121. The Morgan fingerprint density at radius 2 is 2.00 bits per heavy atom. The number of rotatable bonds is 7. The van der Waals surface area contributed by atoms with E-state index in [4.69, 9.17) is 0 Å². The van der Waals surface area contributed by atoms with Crippen molar-refractivity contribution in [3.8, 4) is 0 Å². The van der Waals surface area contributed by atoms with Crippen molar-refractivity contribution in [2.45, 2.75) is 58.8 Å². The van der Waals surface area contributed by atoms with Gasteiger partial charge in [0.05, 0.1) is 6.61 Å². The van der Waals surface area contributed by atoms with Gasteiger partial charge in [0, 0.05) is 18.4 Å². The number of amides is 1. The van der Waals surface area contributed by atoms with Gasteiger partial charge in [-0.1, -0.05) is 20.3 Å². The van der Waals surface area contributed by atoms with Gasteiger partial charge in [0.25, 0.3) is 0 Å². The highest BCUT2D eigenvalue weighted by molar-refractivity contribution is 5.76. The Kier molecular flexibility index (Phi) is 4.88. The van der Waals surface area contributed by atoms with Crippen LogP contribution in [-0.4, -0.2) is 24.2 Å². The number of aliphatic hydroxyl groups is 1. The molecule has 0 aromatic heterocycles. The number of aliphatic hydroxyl groups excluding tert-OH is 1. The molecule has 2 bridgehead atoms. The first kappa shape index (κ1) is 14.8. The summed E-state index contributed by atoms with van der Waals surface area (Å²) in [5.41, 5.74) is -0.121. The lowest BCUT2D eigenvalue weighted by molar-refractivity contribution is -0.123. The average Bonchev–Trinajstić information content (AvgIpc) is 3.03. The van der Waals surface area contributed by atoms with Gasteiger partial charge in [-0.25, -0.2) is 0 Å². The van der Waals surface area contributed by atoms with Crippen LogP contribution in [0.4, 0.5) is 0 Å². The number of nitrogens with one attached hydrogen (secondary N) is 1.